The molecular formula is C16H27NO8. The second-order valence-electron chi connectivity index (χ2n) is 4.95. The third-order valence-corrected chi connectivity index (χ3v) is 3.08. The van der Waals surface area contributed by atoms with Gasteiger partial charge in [-0.25, -0.2) is 0 Å². The van der Waals surface area contributed by atoms with Gasteiger partial charge in [0.1, 0.15) is 0 Å². The Morgan fingerprint density at radius 2 is 1.00 bits per heavy atom. The van der Waals surface area contributed by atoms with Crippen molar-refractivity contribution < 1.29 is 38.4 Å². The van der Waals surface area contributed by atoms with E-state index in [2.05, 4.69) is 0 Å². The summed E-state index contributed by atoms with van der Waals surface area (Å²) in [6, 6.07) is 0. The summed E-state index contributed by atoms with van der Waals surface area (Å²) in [5.41, 5.74) is 0. The molecule has 1 N–H and O–H groups in total. The van der Waals surface area contributed by atoms with Crippen LogP contribution in [0.1, 0.15) is 0 Å². The quantitative estimate of drug-likeness (QED) is 0.260. The molecular weight excluding hydrogens is 334 g/mol. The first-order valence-electron chi connectivity index (χ1n) is 8.29. The molecule has 0 aromatic heterocycles. The number of rotatable bonds is 17. The first-order valence-corrected chi connectivity index (χ1v) is 8.29. The fraction of sp³-hybridized carbons (Fsp3) is 0.750. The van der Waals surface area contributed by atoms with Crippen molar-refractivity contribution in [3.8, 4) is 0 Å². The molecule has 9 heteroatoms. The molecule has 0 saturated carbocycles. The van der Waals surface area contributed by atoms with Crippen LogP contribution in [0.3, 0.4) is 0 Å². The van der Waals surface area contributed by atoms with Crippen LogP contribution in [0.25, 0.3) is 0 Å². The van der Waals surface area contributed by atoms with E-state index in [0.717, 1.165) is 4.90 Å². The van der Waals surface area contributed by atoms with E-state index in [4.69, 9.17) is 28.8 Å². The van der Waals surface area contributed by atoms with E-state index >= 15 is 0 Å². The molecule has 1 aliphatic rings. The van der Waals surface area contributed by atoms with Gasteiger partial charge in [0.05, 0.1) is 79.2 Å². The summed E-state index contributed by atoms with van der Waals surface area (Å²) < 4.78 is 26.2. The molecule has 144 valence electrons. The minimum absolute atomic E-state index is 0.0173. The summed E-state index contributed by atoms with van der Waals surface area (Å²) in [7, 11) is 0. The highest BCUT2D eigenvalue weighted by Crippen LogP contribution is 2.02. The lowest BCUT2D eigenvalue weighted by Crippen LogP contribution is -2.33. The molecule has 25 heavy (non-hydrogen) atoms. The lowest BCUT2D eigenvalue weighted by atomic mass is 10.5. The van der Waals surface area contributed by atoms with Crippen molar-refractivity contribution in [2.75, 3.05) is 79.2 Å². The highest BCUT2D eigenvalue weighted by Gasteiger charge is 2.22. The van der Waals surface area contributed by atoms with Crippen LogP contribution in [0, 0.1) is 0 Å². The largest absolute Gasteiger partial charge is 0.394 e. The van der Waals surface area contributed by atoms with Crippen molar-refractivity contribution in [3.63, 3.8) is 0 Å². The molecule has 0 bridgehead atoms. The number of carbonyl (C=O) groups is 2. The van der Waals surface area contributed by atoms with Crippen LogP contribution in [0.2, 0.25) is 0 Å². The number of nitrogens with zero attached hydrogens (tertiary/aromatic N) is 1. The Bertz CT molecular complexity index is 384. The van der Waals surface area contributed by atoms with E-state index < -0.39 is 0 Å². The number of carbonyl (C=O) groups excluding carboxylic acids is 2. The van der Waals surface area contributed by atoms with Gasteiger partial charge in [-0.2, -0.15) is 0 Å². The van der Waals surface area contributed by atoms with E-state index in [0.29, 0.717) is 66.1 Å². The van der Waals surface area contributed by atoms with Crippen LogP contribution in [0.4, 0.5) is 0 Å². The number of hydrogen-bond donors (Lipinski definition) is 1. The highest BCUT2D eigenvalue weighted by molar-refractivity contribution is 6.12. The minimum Gasteiger partial charge on any atom is -0.394 e. The van der Waals surface area contributed by atoms with E-state index in [1.807, 2.05) is 0 Å². The molecule has 2 amide bonds. The Balaban J connectivity index is 1.73. The molecule has 0 radical (unpaired) electrons. The van der Waals surface area contributed by atoms with Gasteiger partial charge < -0.3 is 28.8 Å². The molecule has 0 atom stereocenters. The molecule has 1 aliphatic heterocycles. The average molecular weight is 361 g/mol. The molecule has 1 rings (SSSR count). The molecule has 0 spiro atoms. The predicted octanol–water partition coefficient (Wildman–Crippen LogP) is -1.01. The number of imide groups is 1. The van der Waals surface area contributed by atoms with E-state index in [-0.39, 0.29) is 25.0 Å². The van der Waals surface area contributed by atoms with Gasteiger partial charge in [0.25, 0.3) is 11.8 Å². The first kappa shape index (κ1) is 21.7. The third-order valence-electron chi connectivity index (χ3n) is 3.08. The summed E-state index contributed by atoms with van der Waals surface area (Å²) in [5, 5.41) is 8.50. The predicted molar refractivity (Wildman–Crippen MR) is 87.0 cm³/mol. The molecule has 9 nitrogen and oxygen atoms in total. The molecule has 0 saturated heterocycles. The van der Waals surface area contributed by atoms with Crippen molar-refractivity contribution in [1.29, 1.82) is 0 Å². The highest BCUT2D eigenvalue weighted by atomic mass is 16.6. The van der Waals surface area contributed by atoms with E-state index in [1.54, 1.807) is 0 Å². The monoisotopic (exact) mass is 361 g/mol. The van der Waals surface area contributed by atoms with Gasteiger partial charge in [-0.3, -0.25) is 14.5 Å². The van der Waals surface area contributed by atoms with Crippen LogP contribution >= 0.6 is 0 Å². The number of aliphatic hydroxyl groups excluding tert-OH is 1. The molecule has 0 aliphatic carbocycles. The molecule has 1 heterocycles. The third kappa shape index (κ3) is 11.0. The van der Waals surface area contributed by atoms with E-state index in [9.17, 15) is 9.59 Å². The fourth-order valence-electron chi connectivity index (χ4n) is 1.85. The molecule has 0 fully saturated rings. The number of aliphatic hydroxyl groups is 1. The second kappa shape index (κ2) is 14.9. The van der Waals surface area contributed by atoms with Crippen molar-refractivity contribution in [3.05, 3.63) is 12.2 Å². The lowest BCUT2D eigenvalue weighted by molar-refractivity contribution is -0.137. The number of amides is 2. The SMILES string of the molecule is O=C1C=CC(=O)N1CCOCCOCCOCCOCCOCCO. The second-order valence-corrected chi connectivity index (χ2v) is 4.95. The zero-order valence-corrected chi connectivity index (χ0v) is 14.4. The van der Waals surface area contributed by atoms with Gasteiger partial charge in [0.2, 0.25) is 0 Å². The minimum atomic E-state index is -0.302. The maximum atomic E-state index is 11.3. The van der Waals surface area contributed by atoms with Gasteiger partial charge in [-0.1, -0.05) is 0 Å². The summed E-state index contributed by atoms with van der Waals surface area (Å²) >= 11 is 0. The molecule has 0 aromatic rings. The summed E-state index contributed by atoms with van der Waals surface area (Å²) in [5.74, 6) is -0.604. The van der Waals surface area contributed by atoms with E-state index in [1.165, 1.54) is 12.2 Å². The van der Waals surface area contributed by atoms with Crippen LogP contribution < -0.4 is 0 Å². The standard InChI is InChI=1S/C16H27NO8/c18-4-6-22-8-10-24-12-14-25-13-11-23-9-7-21-5-3-17-15(19)1-2-16(17)20/h1-2,18H,3-14H2. The van der Waals surface area contributed by atoms with Gasteiger partial charge in [0.15, 0.2) is 0 Å². The maximum Gasteiger partial charge on any atom is 0.253 e. The van der Waals surface area contributed by atoms with Gasteiger partial charge in [-0.05, 0) is 0 Å². The lowest BCUT2D eigenvalue weighted by Gasteiger charge is -2.13. The molecule has 0 aromatic carbocycles. The average Bonchev–Trinajstić information content (AvgIpc) is 2.93. The zero-order chi connectivity index (χ0) is 18.2. The van der Waals surface area contributed by atoms with Crippen molar-refractivity contribution >= 4 is 11.8 Å². The zero-order valence-electron chi connectivity index (χ0n) is 14.4. The Hall–Kier alpha value is -1.36. The van der Waals surface area contributed by atoms with Crippen molar-refractivity contribution in [2.45, 2.75) is 0 Å². The van der Waals surface area contributed by atoms with Crippen molar-refractivity contribution in [1.82, 2.24) is 4.90 Å². The summed E-state index contributed by atoms with van der Waals surface area (Å²) in [4.78, 5) is 23.7. The van der Waals surface area contributed by atoms with Crippen LogP contribution in [-0.2, 0) is 33.3 Å². The van der Waals surface area contributed by atoms with Crippen LogP contribution in [0.5, 0.6) is 0 Å². The van der Waals surface area contributed by atoms with Crippen molar-refractivity contribution in [2.24, 2.45) is 0 Å². The van der Waals surface area contributed by atoms with Gasteiger partial charge in [-0.15, -0.1) is 0 Å². The fourth-order valence-corrected chi connectivity index (χ4v) is 1.85. The van der Waals surface area contributed by atoms with Crippen LogP contribution in [-0.4, -0.2) is 101 Å². The van der Waals surface area contributed by atoms with Gasteiger partial charge in [0, 0.05) is 12.2 Å². The van der Waals surface area contributed by atoms with Crippen LogP contribution in [0.15, 0.2) is 12.2 Å². The Morgan fingerprint density at radius 1 is 0.640 bits per heavy atom. The normalized spacial score (nSPS) is 14.0. The smallest absolute Gasteiger partial charge is 0.253 e. The Morgan fingerprint density at radius 3 is 1.40 bits per heavy atom. The summed E-state index contributed by atoms with van der Waals surface area (Å²) in [6.07, 6.45) is 2.50. The maximum absolute atomic E-state index is 11.3. The number of ether oxygens (including phenoxy) is 5. The Labute approximate surface area is 147 Å². The Kier molecular flexibility index (Phi) is 13.0. The van der Waals surface area contributed by atoms with Gasteiger partial charge >= 0.3 is 0 Å². The summed E-state index contributed by atoms with van der Waals surface area (Å²) in [6.45, 7) is 4.50. The molecule has 0 unspecified atom stereocenters. The first-order chi connectivity index (χ1) is 12.3. The topological polar surface area (TPSA) is 104 Å². The number of hydrogen-bond acceptors (Lipinski definition) is 8.